The number of cyclic esters (lactones) is 1. The number of hydrogen-bond acceptors (Lipinski definition) is 8. The Labute approximate surface area is 210 Å². The van der Waals surface area contributed by atoms with E-state index < -0.39 is 31.8 Å². The Kier molecular flexibility index (Phi) is 7.55. The lowest BCUT2D eigenvalue weighted by atomic mass is 9.70. The van der Waals surface area contributed by atoms with E-state index in [0.717, 1.165) is 0 Å². The SMILES string of the molecule is CCOC(=O)C1=C(OP(=O)(Oc2ccccc2)Oc2ccccc2)CC(C)(C)CC1C1C=CC(=O)O1. The molecule has 0 spiro atoms. The van der Waals surface area contributed by atoms with Gasteiger partial charge in [0.25, 0.3) is 0 Å². The van der Waals surface area contributed by atoms with Crippen LogP contribution in [-0.4, -0.2) is 24.6 Å². The first-order valence-electron chi connectivity index (χ1n) is 11.8. The zero-order valence-electron chi connectivity index (χ0n) is 20.4. The van der Waals surface area contributed by atoms with Gasteiger partial charge in [0.2, 0.25) is 0 Å². The highest BCUT2D eigenvalue weighted by Gasteiger charge is 2.47. The van der Waals surface area contributed by atoms with E-state index in [9.17, 15) is 14.2 Å². The number of phosphoric acid groups is 1. The van der Waals surface area contributed by atoms with Crippen molar-refractivity contribution in [2.45, 2.75) is 39.7 Å². The normalized spacial score (nSPS) is 21.0. The second-order valence-electron chi connectivity index (χ2n) is 9.32. The van der Waals surface area contributed by atoms with Crippen molar-refractivity contribution in [1.82, 2.24) is 0 Å². The van der Waals surface area contributed by atoms with Gasteiger partial charge in [-0.05, 0) is 49.1 Å². The van der Waals surface area contributed by atoms with E-state index in [1.807, 2.05) is 13.8 Å². The molecule has 2 unspecified atom stereocenters. The lowest BCUT2D eigenvalue weighted by Crippen LogP contribution is -2.37. The highest BCUT2D eigenvalue weighted by Crippen LogP contribution is 2.56. The summed E-state index contributed by atoms with van der Waals surface area (Å²) in [5, 5.41) is 0. The van der Waals surface area contributed by atoms with Gasteiger partial charge in [-0.1, -0.05) is 50.2 Å². The third-order valence-electron chi connectivity index (χ3n) is 5.79. The van der Waals surface area contributed by atoms with Crippen LogP contribution in [0.1, 0.15) is 33.6 Å². The van der Waals surface area contributed by atoms with Gasteiger partial charge in [0.1, 0.15) is 23.4 Å². The van der Waals surface area contributed by atoms with Crippen LogP contribution in [0.4, 0.5) is 0 Å². The highest BCUT2D eigenvalue weighted by atomic mass is 31.2. The van der Waals surface area contributed by atoms with Gasteiger partial charge >= 0.3 is 19.8 Å². The Hall–Kier alpha value is -3.51. The van der Waals surface area contributed by atoms with Crippen molar-refractivity contribution in [3.8, 4) is 11.5 Å². The summed E-state index contributed by atoms with van der Waals surface area (Å²) >= 11 is 0. The van der Waals surface area contributed by atoms with Crippen LogP contribution in [0.2, 0.25) is 0 Å². The summed E-state index contributed by atoms with van der Waals surface area (Å²) in [7, 11) is -4.35. The number of phosphoric ester groups is 1. The lowest BCUT2D eigenvalue weighted by molar-refractivity contribution is -0.145. The minimum atomic E-state index is -4.35. The molecule has 36 heavy (non-hydrogen) atoms. The van der Waals surface area contributed by atoms with Crippen molar-refractivity contribution in [2.75, 3.05) is 6.61 Å². The van der Waals surface area contributed by atoms with Crippen LogP contribution < -0.4 is 9.05 Å². The molecule has 4 rings (SSSR count). The molecule has 1 aliphatic heterocycles. The van der Waals surface area contributed by atoms with Gasteiger partial charge < -0.3 is 23.0 Å². The van der Waals surface area contributed by atoms with Crippen molar-refractivity contribution in [1.29, 1.82) is 0 Å². The summed E-state index contributed by atoms with van der Waals surface area (Å²) in [6.07, 6.45) is 3.05. The summed E-state index contributed by atoms with van der Waals surface area (Å²) in [4.78, 5) is 25.0. The molecule has 1 aliphatic carbocycles. The Bertz CT molecular complexity index is 1160. The molecule has 0 bridgehead atoms. The second kappa shape index (κ2) is 10.6. The maximum atomic E-state index is 14.1. The molecular weight excluding hydrogens is 483 g/mol. The Morgan fingerprint density at radius 2 is 1.58 bits per heavy atom. The van der Waals surface area contributed by atoms with Gasteiger partial charge in [-0.3, -0.25) is 0 Å². The van der Waals surface area contributed by atoms with E-state index in [-0.39, 0.29) is 41.3 Å². The molecule has 0 saturated carbocycles. The molecule has 0 N–H and O–H groups in total. The third-order valence-corrected chi connectivity index (χ3v) is 7.10. The minimum absolute atomic E-state index is 0.126. The molecular formula is C27H29O8P. The summed E-state index contributed by atoms with van der Waals surface area (Å²) in [6, 6.07) is 17.0. The van der Waals surface area contributed by atoms with Crippen LogP contribution in [0.25, 0.3) is 0 Å². The first kappa shape index (κ1) is 25.6. The van der Waals surface area contributed by atoms with E-state index in [2.05, 4.69) is 0 Å². The molecule has 0 saturated heterocycles. The van der Waals surface area contributed by atoms with Crippen LogP contribution in [0.3, 0.4) is 0 Å². The first-order valence-corrected chi connectivity index (χ1v) is 13.2. The van der Waals surface area contributed by atoms with E-state index >= 15 is 0 Å². The molecule has 0 fully saturated rings. The topological polar surface area (TPSA) is 97.4 Å². The van der Waals surface area contributed by atoms with Crippen LogP contribution in [0.15, 0.2) is 84.1 Å². The maximum absolute atomic E-state index is 14.1. The van der Waals surface area contributed by atoms with Crippen molar-refractivity contribution < 1.29 is 37.2 Å². The molecule has 9 heteroatoms. The van der Waals surface area contributed by atoms with Crippen molar-refractivity contribution in [3.05, 3.63) is 84.1 Å². The highest BCUT2D eigenvalue weighted by molar-refractivity contribution is 7.49. The van der Waals surface area contributed by atoms with Crippen LogP contribution >= 0.6 is 7.82 Å². The third kappa shape index (κ3) is 6.18. The van der Waals surface area contributed by atoms with Crippen LogP contribution in [0.5, 0.6) is 11.5 Å². The Balaban J connectivity index is 1.77. The van der Waals surface area contributed by atoms with Gasteiger partial charge in [-0.25, -0.2) is 9.59 Å². The number of allylic oxidation sites excluding steroid dienone is 1. The predicted octanol–water partition coefficient (Wildman–Crippen LogP) is 6.00. The van der Waals surface area contributed by atoms with Crippen LogP contribution in [-0.2, 0) is 28.2 Å². The Morgan fingerprint density at radius 3 is 2.08 bits per heavy atom. The number of ether oxygens (including phenoxy) is 2. The van der Waals surface area contributed by atoms with Gasteiger partial charge in [-0.15, -0.1) is 0 Å². The number of rotatable bonds is 9. The molecule has 0 radical (unpaired) electrons. The first-order chi connectivity index (χ1) is 17.2. The average molecular weight is 512 g/mol. The Morgan fingerprint density at radius 1 is 1.00 bits per heavy atom. The fourth-order valence-corrected chi connectivity index (χ4v) is 5.66. The monoisotopic (exact) mass is 512 g/mol. The maximum Gasteiger partial charge on any atom is 0.646 e. The summed E-state index contributed by atoms with van der Waals surface area (Å²) < 4.78 is 42.4. The number of para-hydroxylation sites is 2. The van der Waals surface area contributed by atoms with Crippen molar-refractivity contribution >= 4 is 19.8 Å². The van der Waals surface area contributed by atoms with Crippen molar-refractivity contribution in [2.24, 2.45) is 11.3 Å². The van der Waals surface area contributed by atoms with E-state index in [1.54, 1.807) is 73.7 Å². The standard InChI is InChI=1S/C27H29O8P/c1-4-31-26(29)25-21(22-15-16-24(28)32-22)17-27(2,3)18-23(25)35-36(30,33-19-11-7-5-8-12-19)34-20-13-9-6-10-14-20/h5-16,21-22H,4,17-18H2,1-3H3. The predicted molar refractivity (Wildman–Crippen MR) is 132 cm³/mol. The molecule has 2 aromatic carbocycles. The van der Waals surface area contributed by atoms with Gasteiger partial charge in [0, 0.05) is 18.4 Å². The molecule has 8 nitrogen and oxygen atoms in total. The molecule has 0 amide bonds. The number of benzene rings is 2. The number of esters is 2. The van der Waals surface area contributed by atoms with E-state index in [0.29, 0.717) is 6.42 Å². The fourth-order valence-electron chi connectivity index (χ4n) is 4.36. The molecule has 2 atom stereocenters. The zero-order chi connectivity index (χ0) is 25.8. The van der Waals surface area contributed by atoms with Crippen LogP contribution in [0, 0.1) is 11.3 Å². The molecule has 190 valence electrons. The van der Waals surface area contributed by atoms with Gasteiger partial charge in [-0.2, -0.15) is 4.57 Å². The number of carbonyl (C=O) groups excluding carboxylic acids is 2. The molecule has 1 heterocycles. The molecule has 0 aromatic heterocycles. The number of hydrogen-bond donors (Lipinski definition) is 0. The van der Waals surface area contributed by atoms with Gasteiger partial charge in [0.15, 0.2) is 0 Å². The van der Waals surface area contributed by atoms with Gasteiger partial charge in [0.05, 0.1) is 12.2 Å². The summed E-state index contributed by atoms with van der Waals surface area (Å²) in [6.45, 7) is 5.81. The van der Waals surface area contributed by atoms with E-state index in [4.69, 9.17) is 23.0 Å². The second-order valence-corrected chi connectivity index (χ2v) is 10.8. The van der Waals surface area contributed by atoms with Crippen molar-refractivity contribution in [3.63, 3.8) is 0 Å². The molecule has 2 aliphatic rings. The van der Waals surface area contributed by atoms with E-state index in [1.165, 1.54) is 6.08 Å². The zero-order valence-corrected chi connectivity index (χ0v) is 21.3. The minimum Gasteiger partial charge on any atom is -0.463 e. The largest absolute Gasteiger partial charge is 0.646 e. The lowest BCUT2D eigenvalue weighted by Gasteiger charge is -2.39. The smallest absolute Gasteiger partial charge is 0.463 e. The summed E-state index contributed by atoms with van der Waals surface area (Å²) in [5.41, 5.74) is -0.225. The average Bonchev–Trinajstić information content (AvgIpc) is 3.25. The summed E-state index contributed by atoms with van der Waals surface area (Å²) in [5.74, 6) is -1.01. The molecule has 2 aromatic rings. The fraction of sp³-hybridized carbons (Fsp3) is 0.333. The number of carbonyl (C=O) groups is 2. The quantitative estimate of drug-likeness (QED) is 0.298.